The minimum absolute atomic E-state index is 0.169. The molecule has 5 rings (SSSR count). The quantitative estimate of drug-likeness (QED) is 0.457. The predicted molar refractivity (Wildman–Crippen MR) is 119 cm³/mol. The molecule has 3 aromatic carbocycles. The smallest absolute Gasteiger partial charge is 0.154 e. The second-order valence-corrected chi connectivity index (χ2v) is 7.91. The van der Waals surface area contributed by atoms with Crippen LogP contribution >= 0.6 is 0 Å². The molecule has 30 heavy (non-hydrogen) atoms. The number of aromatic nitrogens is 2. The third-order valence-electron chi connectivity index (χ3n) is 5.74. The van der Waals surface area contributed by atoms with E-state index in [1.165, 1.54) is 0 Å². The summed E-state index contributed by atoms with van der Waals surface area (Å²) >= 11 is 0. The van der Waals surface area contributed by atoms with Crippen molar-refractivity contribution >= 4 is 22.1 Å². The van der Waals surface area contributed by atoms with Gasteiger partial charge in [-0.05, 0) is 55.3 Å². The summed E-state index contributed by atoms with van der Waals surface area (Å²) in [5, 5.41) is 10.1. The Bertz CT molecular complexity index is 1220. The van der Waals surface area contributed by atoms with Crippen LogP contribution in [0.3, 0.4) is 0 Å². The summed E-state index contributed by atoms with van der Waals surface area (Å²) in [7, 11) is 2.10. The van der Waals surface area contributed by atoms with Crippen molar-refractivity contribution in [3.8, 4) is 11.3 Å². The Kier molecular flexibility index (Phi) is 4.68. The molecule has 2 heterocycles. The Morgan fingerprint density at radius 3 is 2.53 bits per heavy atom. The van der Waals surface area contributed by atoms with Gasteiger partial charge in [-0.1, -0.05) is 36.4 Å². The van der Waals surface area contributed by atoms with Crippen molar-refractivity contribution in [2.75, 3.05) is 25.0 Å². The van der Waals surface area contributed by atoms with Crippen LogP contribution in [0.1, 0.15) is 11.3 Å². The molecule has 0 fully saturated rings. The van der Waals surface area contributed by atoms with Gasteiger partial charge in [0.15, 0.2) is 5.82 Å². The fourth-order valence-corrected chi connectivity index (χ4v) is 4.13. The number of halogens is 1. The maximum absolute atomic E-state index is 15.5. The lowest BCUT2D eigenvalue weighted by Gasteiger charge is -2.26. The molecule has 0 aliphatic carbocycles. The van der Waals surface area contributed by atoms with Gasteiger partial charge < -0.3 is 9.80 Å². The first kappa shape index (κ1) is 18.7. The van der Waals surface area contributed by atoms with Crippen LogP contribution in [0.4, 0.5) is 15.8 Å². The molecule has 0 saturated carbocycles. The van der Waals surface area contributed by atoms with E-state index in [1.807, 2.05) is 55.5 Å². The van der Waals surface area contributed by atoms with Crippen molar-refractivity contribution in [1.82, 2.24) is 15.1 Å². The molecule has 0 saturated heterocycles. The number of anilines is 2. The van der Waals surface area contributed by atoms with E-state index in [4.69, 9.17) is 0 Å². The molecular formula is C25H23FN4. The van der Waals surface area contributed by atoms with E-state index in [0.29, 0.717) is 11.1 Å². The van der Waals surface area contributed by atoms with Gasteiger partial charge in [0.05, 0.1) is 17.1 Å². The third-order valence-corrected chi connectivity index (χ3v) is 5.74. The van der Waals surface area contributed by atoms with Gasteiger partial charge in [-0.3, -0.25) is 0 Å². The van der Waals surface area contributed by atoms with Crippen LogP contribution in [0.25, 0.3) is 22.0 Å². The van der Waals surface area contributed by atoms with Gasteiger partial charge in [0.1, 0.15) is 0 Å². The molecule has 4 aromatic rings. The van der Waals surface area contributed by atoms with Crippen LogP contribution in [0.2, 0.25) is 0 Å². The van der Waals surface area contributed by atoms with Gasteiger partial charge in [-0.25, -0.2) is 4.39 Å². The number of fused-ring (bicyclic) bond motifs is 2. The highest BCUT2D eigenvalue weighted by atomic mass is 19.1. The summed E-state index contributed by atoms with van der Waals surface area (Å²) < 4.78 is 15.5. The second kappa shape index (κ2) is 7.50. The van der Waals surface area contributed by atoms with Gasteiger partial charge in [0.25, 0.3) is 0 Å². The molecule has 0 amide bonds. The monoisotopic (exact) mass is 398 g/mol. The topological polar surface area (TPSA) is 32.3 Å². The Morgan fingerprint density at radius 1 is 0.867 bits per heavy atom. The number of likely N-dealkylation sites (N-methyl/N-ethyl adjacent to an activating group) is 1. The standard InChI is InChI=1S/C25H23FN4/c1-17-7-10-22(28-27-17)19-9-11-23-20(15-19)16-29(2)13-14-30(23)24-12-8-18-5-3-4-6-21(18)25(24)26/h3-12,15H,13-14,16H2,1-2H3. The molecule has 0 radical (unpaired) electrons. The minimum atomic E-state index is -0.169. The highest BCUT2D eigenvalue weighted by Crippen LogP contribution is 2.37. The van der Waals surface area contributed by atoms with Crippen LogP contribution in [-0.2, 0) is 6.54 Å². The van der Waals surface area contributed by atoms with Crippen molar-refractivity contribution < 1.29 is 4.39 Å². The molecule has 150 valence electrons. The molecule has 0 spiro atoms. The zero-order chi connectivity index (χ0) is 20.7. The van der Waals surface area contributed by atoms with E-state index in [2.05, 4.69) is 45.2 Å². The van der Waals surface area contributed by atoms with Gasteiger partial charge in [-0.2, -0.15) is 10.2 Å². The minimum Gasteiger partial charge on any atom is -0.338 e. The van der Waals surface area contributed by atoms with Crippen molar-refractivity contribution in [1.29, 1.82) is 0 Å². The van der Waals surface area contributed by atoms with E-state index in [9.17, 15) is 0 Å². The Labute approximate surface area is 175 Å². The van der Waals surface area contributed by atoms with E-state index in [1.54, 1.807) is 0 Å². The first-order chi connectivity index (χ1) is 14.6. The molecule has 1 aromatic heterocycles. The third kappa shape index (κ3) is 3.31. The van der Waals surface area contributed by atoms with Crippen molar-refractivity contribution in [3.05, 3.63) is 83.8 Å². The number of hydrogen-bond donors (Lipinski definition) is 0. The average molecular weight is 398 g/mol. The molecule has 0 unspecified atom stereocenters. The Morgan fingerprint density at radius 2 is 1.70 bits per heavy atom. The zero-order valence-corrected chi connectivity index (χ0v) is 17.1. The average Bonchev–Trinajstić information content (AvgIpc) is 2.92. The maximum atomic E-state index is 15.5. The van der Waals surface area contributed by atoms with Gasteiger partial charge in [-0.15, -0.1) is 0 Å². The van der Waals surface area contributed by atoms with Gasteiger partial charge >= 0.3 is 0 Å². The summed E-state index contributed by atoms with van der Waals surface area (Å²) in [6, 6.07) is 21.8. The number of rotatable bonds is 2. The molecule has 0 atom stereocenters. The molecule has 1 aliphatic heterocycles. The van der Waals surface area contributed by atoms with Gasteiger partial charge in [0, 0.05) is 36.3 Å². The van der Waals surface area contributed by atoms with Crippen LogP contribution in [-0.4, -0.2) is 35.2 Å². The molecule has 0 N–H and O–H groups in total. The fourth-order valence-electron chi connectivity index (χ4n) is 4.13. The highest BCUT2D eigenvalue weighted by Gasteiger charge is 2.23. The summed E-state index contributed by atoms with van der Waals surface area (Å²) in [5.74, 6) is -0.169. The molecule has 1 aliphatic rings. The number of aryl methyl sites for hydroxylation is 1. The normalized spacial score (nSPS) is 14.6. The molecular weight excluding hydrogens is 375 g/mol. The molecule has 0 bridgehead atoms. The van der Waals surface area contributed by atoms with E-state index < -0.39 is 0 Å². The SMILES string of the molecule is Cc1ccc(-c2ccc3c(c2)CN(C)CCN3c2ccc3ccccc3c2F)nn1. The summed E-state index contributed by atoms with van der Waals surface area (Å²) in [6.45, 7) is 4.30. The van der Waals surface area contributed by atoms with Crippen LogP contribution in [0, 0.1) is 12.7 Å². The van der Waals surface area contributed by atoms with Crippen molar-refractivity contribution in [3.63, 3.8) is 0 Å². The lowest BCUT2D eigenvalue weighted by atomic mass is 10.0. The predicted octanol–water partition coefficient (Wildman–Crippen LogP) is 5.33. The fraction of sp³-hybridized carbons (Fsp3) is 0.200. The van der Waals surface area contributed by atoms with Crippen molar-refractivity contribution in [2.24, 2.45) is 0 Å². The first-order valence-electron chi connectivity index (χ1n) is 10.2. The van der Waals surface area contributed by atoms with E-state index >= 15 is 4.39 Å². The van der Waals surface area contributed by atoms with E-state index in [0.717, 1.165) is 53.2 Å². The number of hydrogen-bond acceptors (Lipinski definition) is 4. The maximum Gasteiger partial charge on any atom is 0.154 e. The Balaban J connectivity index is 1.62. The highest BCUT2D eigenvalue weighted by molar-refractivity contribution is 5.88. The summed E-state index contributed by atoms with van der Waals surface area (Å²) in [5.41, 5.74) is 5.58. The largest absolute Gasteiger partial charge is 0.338 e. The number of benzene rings is 3. The number of nitrogens with zero attached hydrogens (tertiary/aromatic N) is 4. The first-order valence-corrected chi connectivity index (χ1v) is 10.2. The van der Waals surface area contributed by atoms with Crippen LogP contribution in [0.15, 0.2) is 66.7 Å². The lowest BCUT2D eigenvalue weighted by molar-refractivity contribution is 0.343. The molecule has 4 nitrogen and oxygen atoms in total. The zero-order valence-electron chi connectivity index (χ0n) is 17.1. The summed E-state index contributed by atoms with van der Waals surface area (Å²) in [6.07, 6.45) is 0. The lowest BCUT2D eigenvalue weighted by Crippen LogP contribution is -2.26. The van der Waals surface area contributed by atoms with E-state index in [-0.39, 0.29) is 5.82 Å². The summed E-state index contributed by atoms with van der Waals surface area (Å²) in [4.78, 5) is 4.37. The Hall–Kier alpha value is -3.31. The molecule has 5 heteroatoms. The van der Waals surface area contributed by atoms with Crippen LogP contribution < -0.4 is 4.90 Å². The van der Waals surface area contributed by atoms with Crippen LogP contribution in [0.5, 0.6) is 0 Å². The van der Waals surface area contributed by atoms with Crippen molar-refractivity contribution in [2.45, 2.75) is 13.5 Å². The second-order valence-electron chi connectivity index (χ2n) is 7.91. The van der Waals surface area contributed by atoms with Gasteiger partial charge in [0.2, 0.25) is 0 Å².